The lowest BCUT2D eigenvalue weighted by Crippen LogP contribution is -2.36. The molecule has 1 atom stereocenters. The van der Waals surface area contributed by atoms with Crippen LogP contribution in [0, 0.1) is 6.92 Å². The summed E-state index contributed by atoms with van der Waals surface area (Å²) in [7, 11) is 0. The molecule has 0 spiro atoms. The molecule has 1 aromatic heterocycles. The number of aryl methyl sites for hydroxylation is 2. The van der Waals surface area contributed by atoms with Gasteiger partial charge in [0.2, 0.25) is 5.95 Å². The molecule has 5 rings (SSSR count). The summed E-state index contributed by atoms with van der Waals surface area (Å²) in [5.74, 6) is 1.86. The molecule has 3 aromatic rings. The van der Waals surface area contributed by atoms with Crippen molar-refractivity contribution >= 4 is 17.5 Å². The summed E-state index contributed by atoms with van der Waals surface area (Å²) in [6.07, 6.45) is 5.64. The molecule has 1 aliphatic carbocycles. The van der Waals surface area contributed by atoms with Crippen LogP contribution in [0.25, 0.3) is 0 Å². The summed E-state index contributed by atoms with van der Waals surface area (Å²) >= 11 is 0. The number of nitrogens with one attached hydrogen (secondary N) is 1. The van der Waals surface area contributed by atoms with Crippen LogP contribution in [-0.2, 0) is 19.3 Å². The van der Waals surface area contributed by atoms with Gasteiger partial charge in [-0.3, -0.25) is 0 Å². The molecule has 4 nitrogen and oxygen atoms in total. The number of anilines is 3. The fraction of sp³-hybridized carbons (Fsp3) is 0.360. The number of nitrogens with zero attached hydrogens (tertiary/aromatic N) is 3. The van der Waals surface area contributed by atoms with E-state index in [9.17, 15) is 0 Å². The minimum absolute atomic E-state index is 0.326. The first-order valence-corrected chi connectivity index (χ1v) is 10.8. The van der Waals surface area contributed by atoms with Crippen LogP contribution in [0.15, 0.2) is 48.5 Å². The molecule has 0 bridgehead atoms. The summed E-state index contributed by atoms with van der Waals surface area (Å²) in [5, 5.41) is 3.49. The number of para-hydroxylation sites is 1. The Labute approximate surface area is 173 Å². The first-order chi connectivity index (χ1) is 14.2. The standard InChI is InChI=1S/C25H28N4/c1-17-9-3-7-13-22(17)26-25-27-23-14-8-6-12-21(23)24(28-25)29-16-15-19-10-4-5-11-20(19)18(29)2/h3-5,7,9-11,13,18H,6,8,12,14-16H2,1-2H3,(H,26,27,28). The Bertz CT molecular complexity index is 1040. The Hall–Kier alpha value is -2.88. The summed E-state index contributed by atoms with van der Waals surface area (Å²) in [5.41, 5.74) is 7.76. The Morgan fingerprint density at radius 3 is 2.62 bits per heavy atom. The zero-order valence-corrected chi connectivity index (χ0v) is 17.3. The predicted molar refractivity (Wildman–Crippen MR) is 119 cm³/mol. The van der Waals surface area contributed by atoms with Crippen LogP contribution >= 0.6 is 0 Å². The zero-order valence-electron chi connectivity index (χ0n) is 17.3. The number of hydrogen-bond acceptors (Lipinski definition) is 4. The zero-order chi connectivity index (χ0) is 19.8. The quantitative estimate of drug-likeness (QED) is 0.644. The van der Waals surface area contributed by atoms with Crippen LogP contribution in [-0.4, -0.2) is 16.5 Å². The van der Waals surface area contributed by atoms with Crippen molar-refractivity contribution in [1.82, 2.24) is 9.97 Å². The van der Waals surface area contributed by atoms with E-state index in [0.717, 1.165) is 43.3 Å². The summed E-state index contributed by atoms with van der Waals surface area (Å²) < 4.78 is 0. The number of hydrogen-bond donors (Lipinski definition) is 1. The second kappa shape index (κ2) is 7.51. The molecule has 0 radical (unpaired) electrons. The first-order valence-electron chi connectivity index (χ1n) is 10.8. The van der Waals surface area contributed by atoms with Crippen molar-refractivity contribution in [2.75, 3.05) is 16.8 Å². The Balaban J connectivity index is 1.56. The lowest BCUT2D eigenvalue weighted by molar-refractivity contribution is 0.599. The Kier molecular flexibility index (Phi) is 4.70. The molecule has 2 aromatic carbocycles. The van der Waals surface area contributed by atoms with Gasteiger partial charge < -0.3 is 10.2 Å². The summed E-state index contributed by atoms with van der Waals surface area (Å²) in [6, 6.07) is 17.5. The highest BCUT2D eigenvalue weighted by atomic mass is 15.3. The maximum absolute atomic E-state index is 5.07. The third kappa shape index (κ3) is 3.37. The highest BCUT2D eigenvalue weighted by molar-refractivity contribution is 5.62. The van der Waals surface area contributed by atoms with E-state index in [1.165, 1.54) is 40.8 Å². The van der Waals surface area contributed by atoms with E-state index in [1.807, 2.05) is 0 Å². The molecule has 29 heavy (non-hydrogen) atoms. The topological polar surface area (TPSA) is 41.1 Å². The SMILES string of the molecule is Cc1ccccc1Nc1nc2c(c(N3CCc4ccccc4C3C)n1)CCCC2. The number of fused-ring (bicyclic) bond motifs is 2. The van der Waals surface area contributed by atoms with Crippen LogP contribution in [0.5, 0.6) is 0 Å². The molecule has 4 heteroatoms. The Morgan fingerprint density at radius 2 is 1.72 bits per heavy atom. The first kappa shape index (κ1) is 18.2. The number of benzene rings is 2. The van der Waals surface area contributed by atoms with Gasteiger partial charge in [-0.2, -0.15) is 4.98 Å². The largest absolute Gasteiger partial charge is 0.349 e. The van der Waals surface area contributed by atoms with Crippen molar-refractivity contribution in [3.63, 3.8) is 0 Å². The van der Waals surface area contributed by atoms with Crippen LogP contribution < -0.4 is 10.2 Å². The third-order valence-electron chi connectivity index (χ3n) is 6.42. The van der Waals surface area contributed by atoms with E-state index in [-0.39, 0.29) is 0 Å². The Morgan fingerprint density at radius 1 is 0.931 bits per heavy atom. The van der Waals surface area contributed by atoms with Gasteiger partial charge in [-0.25, -0.2) is 4.98 Å². The van der Waals surface area contributed by atoms with Gasteiger partial charge in [0, 0.05) is 17.8 Å². The van der Waals surface area contributed by atoms with Gasteiger partial charge in [-0.15, -0.1) is 0 Å². The van der Waals surface area contributed by atoms with Crippen molar-refractivity contribution in [1.29, 1.82) is 0 Å². The van der Waals surface area contributed by atoms with Crippen molar-refractivity contribution in [3.05, 3.63) is 76.5 Å². The molecule has 0 saturated heterocycles. The molecular formula is C25H28N4. The highest BCUT2D eigenvalue weighted by Crippen LogP contribution is 2.37. The number of rotatable bonds is 3. The van der Waals surface area contributed by atoms with Gasteiger partial charge in [0.15, 0.2) is 0 Å². The van der Waals surface area contributed by atoms with E-state index < -0.39 is 0 Å². The van der Waals surface area contributed by atoms with E-state index in [1.54, 1.807) is 0 Å². The fourth-order valence-corrected chi connectivity index (χ4v) is 4.76. The third-order valence-corrected chi connectivity index (χ3v) is 6.42. The van der Waals surface area contributed by atoms with Crippen molar-refractivity contribution < 1.29 is 0 Å². The molecular weight excluding hydrogens is 356 g/mol. The van der Waals surface area contributed by atoms with Crippen molar-refractivity contribution in [2.45, 2.75) is 52.0 Å². The maximum Gasteiger partial charge on any atom is 0.229 e. The average molecular weight is 385 g/mol. The molecule has 1 N–H and O–H groups in total. The lowest BCUT2D eigenvalue weighted by Gasteiger charge is -2.38. The summed E-state index contributed by atoms with van der Waals surface area (Å²) in [6.45, 7) is 5.43. The van der Waals surface area contributed by atoms with Crippen LogP contribution in [0.1, 0.15) is 53.8 Å². The predicted octanol–water partition coefficient (Wildman–Crippen LogP) is 5.53. The normalized spacial score (nSPS) is 18.1. The van der Waals surface area contributed by atoms with Crippen molar-refractivity contribution in [3.8, 4) is 0 Å². The van der Waals surface area contributed by atoms with E-state index in [0.29, 0.717) is 6.04 Å². The smallest absolute Gasteiger partial charge is 0.229 e. The van der Waals surface area contributed by atoms with Gasteiger partial charge >= 0.3 is 0 Å². The van der Waals surface area contributed by atoms with Gasteiger partial charge in [0.25, 0.3) is 0 Å². The van der Waals surface area contributed by atoms with E-state index in [4.69, 9.17) is 9.97 Å². The molecule has 2 aliphatic rings. The minimum Gasteiger partial charge on any atom is -0.349 e. The lowest BCUT2D eigenvalue weighted by atomic mass is 9.91. The van der Waals surface area contributed by atoms with Gasteiger partial charge in [-0.1, -0.05) is 42.5 Å². The molecule has 1 aliphatic heterocycles. The highest BCUT2D eigenvalue weighted by Gasteiger charge is 2.29. The van der Waals surface area contributed by atoms with Gasteiger partial charge in [0.1, 0.15) is 5.82 Å². The molecule has 148 valence electrons. The van der Waals surface area contributed by atoms with E-state index >= 15 is 0 Å². The molecule has 0 saturated carbocycles. The average Bonchev–Trinajstić information content (AvgIpc) is 2.75. The second-order valence-electron chi connectivity index (χ2n) is 8.26. The molecule has 0 amide bonds. The van der Waals surface area contributed by atoms with Crippen LogP contribution in [0.4, 0.5) is 17.5 Å². The van der Waals surface area contributed by atoms with Gasteiger partial charge in [-0.05, 0) is 68.7 Å². The second-order valence-corrected chi connectivity index (χ2v) is 8.26. The minimum atomic E-state index is 0.326. The monoisotopic (exact) mass is 384 g/mol. The van der Waals surface area contributed by atoms with Crippen molar-refractivity contribution in [2.24, 2.45) is 0 Å². The number of aromatic nitrogens is 2. The molecule has 1 unspecified atom stereocenters. The van der Waals surface area contributed by atoms with E-state index in [2.05, 4.69) is 72.6 Å². The molecule has 2 heterocycles. The summed E-state index contributed by atoms with van der Waals surface area (Å²) in [4.78, 5) is 12.5. The van der Waals surface area contributed by atoms with Crippen LogP contribution in [0.2, 0.25) is 0 Å². The van der Waals surface area contributed by atoms with Crippen LogP contribution in [0.3, 0.4) is 0 Å². The van der Waals surface area contributed by atoms with Gasteiger partial charge in [0.05, 0.1) is 11.7 Å². The molecule has 0 fully saturated rings. The maximum atomic E-state index is 5.07. The fourth-order valence-electron chi connectivity index (χ4n) is 4.76.